The van der Waals surface area contributed by atoms with Gasteiger partial charge in [0.05, 0.1) is 5.75 Å². The molecule has 0 aromatic heterocycles. The molecule has 1 unspecified atom stereocenters. The smallest absolute Gasteiger partial charge is 0.223 e. The first kappa shape index (κ1) is 17.4. The van der Waals surface area contributed by atoms with Gasteiger partial charge in [0.1, 0.15) is 0 Å². The Morgan fingerprint density at radius 2 is 1.90 bits per heavy atom. The first-order valence-electron chi connectivity index (χ1n) is 7.68. The summed E-state index contributed by atoms with van der Waals surface area (Å²) < 4.78 is 25.7. The molecule has 0 aromatic rings. The summed E-state index contributed by atoms with van der Waals surface area (Å²) in [4.78, 5) is 12.0. The lowest BCUT2D eigenvalue weighted by Gasteiger charge is -2.31. The minimum absolute atomic E-state index is 0.0402. The Labute approximate surface area is 123 Å². The SMILES string of the molecule is CCCCS(=O)(=O)N1CCC(C(=O)NC(C)CC)CC1. The van der Waals surface area contributed by atoms with E-state index in [1.54, 1.807) is 4.31 Å². The highest BCUT2D eigenvalue weighted by molar-refractivity contribution is 7.89. The van der Waals surface area contributed by atoms with Crippen molar-refractivity contribution >= 4 is 15.9 Å². The van der Waals surface area contributed by atoms with Gasteiger partial charge < -0.3 is 5.32 Å². The number of unbranched alkanes of at least 4 members (excludes halogenated alkanes) is 1. The van der Waals surface area contributed by atoms with E-state index in [1.165, 1.54) is 0 Å². The Morgan fingerprint density at radius 3 is 2.40 bits per heavy atom. The second-order valence-electron chi connectivity index (χ2n) is 5.66. The van der Waals surface area contributed by atoms with Crippen LogP contribution in [0.2, 0.25) is 0 Å². The molecule has 1 N–H and O–H groups in total. The van der Waals surface area contributed by atoms with Crippen LogP contribution in [-0.2, 0) is 14.8 Å². The molecular weight excluding hydrogens is 276 g/mol. The average Bonchev–Trinajstić information content (AvgIpc) is 2.45. The van der Waals surface area contributed by atoms with Crippen LogP contribution in [0.25, 0.3) is 0 Å². The zero-order chi connectivity index (χ0) is 15.2. The fraction of sp³-hybridized carbons (Fsp3) is 0.929. The molecule has 118 valence electrons. The molecule has 0 saturated carbocycles. The fourth-order valence-electron chi connectivity index (χ4n) is 2.31. The molecule has 0 radical (unpaired) electrons. The summed E-state index contributed by atoms with van der Waals surface area (Å²) in [7, 11) is -3.12. The number of amides is 1. The van der Waals surface area contributed by atoms with Gasteiger partial charge in [-0.15, -0.1) is 0 Å². The highest BCUT2D eigenvalue weighted by Crippen LogP contribution is 2.20. The summed E-state index contributed by atoms with van der Waals surface area (Å²) in [6.07, 6.45) is 3.76. The molecule has 0 spiro atoms. The number of hydrogen-bond acceptors (Lipinski definition) is 3. The standard InChI is InChI=1S/C14H28N2O3S/c1-4-6-11-20(18,19)16-9-7-13(8-10-16)14(17)15-12(3)5-2/h12-13H,4-11H2,1-3H3,(H,15,17). The number of sulfonamides is 1. The third kappa shape index (κ3) is 5.05. The number of nitrogens with zero attached hydrogens (tertiary/aromatic N) is 1. The van der Waals surface area contributed by atoms with Gasteiger partial charge in [-0.25, -0.2) is 12.7 Å². The molecule has 1 heterocycles. The monoisotopic (exact) mass is 304 g/mol. The number of hydrogen-bond donors (Lipinski definition) is 1. The van der Waals surface area contributed by atoms with Crippen LogP contribution in [-0.4, -0.2) is 43.5 Å². The van der Waals surface area contributed by atoms with Gasteiger partial charge >= 0.3 is 0 Å². The fourth-order valence-corrected chi connectivity index (χ4v) is 3.99. The summed E-state index contributed by atoms with van der Waals surface area (Å²) >= 11 is 0. The Morgan fingerprint density at radius 1 is 1.30 bits per heavy atom. The van der Waals surface area contributed by atoms with Gasteiger partial charge in [0.2, 0.25) is 15.9 Å². The molecular formula is C14H28N2O3S. The van der Waals surface area contributed by atoms with Crippen molar-refractivity contribution in [1.82, 2.24) is 9.62 Å². The summed E-state index contributed by atoms with van der Waals surface area (Å²) in [5.74, 6) is 0.263. The lowest BCUT2D eigenvalue weighted by Crippen LogP contribution is -2.45. The molecule has 0 aromatic carbocycles. The summed E-state index contributed by atoms with van der Waals surface area (Å²) in [6.45, 7) is 6.96. The van der Waals surface area contributed by atoms with Crippen molar-refractivity contribution in [2.45, 2.75) is 58.9 Å². The lowest BCUT2D eigenvalue weighted by atomic mass is 9.97. The first-order chi connectivity index (χ1) is 9.40. The van der Waals surface area contributed by atoms with Gasteiger partial charge in [-0.05, 0) is 32.6 Å². The molecule has 1 aliphatic rings. The third-order valence-electron chi connectivity index (χ3n) is 3.97. The van der Waals surface area contributed by atoms with Crippen LogP contribution >= 0.6 is 0 Å². The molecule has 0 bridgehead atoms. The molecule has 5 nitrogen and oxygen atoms in total. The Hall–Kier alpha value is -0.620. The van der Waals surface area contributed by atoms with Gasteiger partial charge in [-0.1, -0.05) is 20.3 Å². The zero-order valence-electron chi connectivity index (χ0n) is 12.9. The second-order valence-corrected chi connectivity index (χ2v) is 7.75. The van der Waals surface area contributed by atoms with Gasteiger partial charge in [0.25, 0.3) is 0 Å². The first-order valence-corrected chi connectivity index (χ1v) is 9.29. The minimum Gasteiger partial charge on any atom is -0.353 e. The number of nitrogens with one attached hydrogen (secondary N) is 1. The van der Waals surface area contributed by atoms with Crippen molar-refractivity contribution in [3.63, 3.8) is 0 Å². The van der Waals surface area contributed by atoms with Crippen molar-refractivity contribution < 1.29 is 13.2 Å². The van der Waals surface area contributed by atoms with Gasteiger partial charge in [-0.3, -0.25) is 4.79 Å². The van der Waals surface area contributed by atoms with E-state index in [1.807, 2.05) is 20.8 Å². The highest BCUT2D eigenvalue weighted by Gasteiger charge is 2.30. The van der Waals surface area contributed by atoms with Crippen molar-refractivity contribution in [3.05, 3.63) is 0 Å². The van der Waals surface area contributed by atoms with Gasteiger partial charge in [-0.2, -0.15) is 0 Å². The van der Waals surface area contributed by atoms with E-state index in [0.717, 1.165) is 12.8 Å². The molecule has 0 aliphatic carbocycles. The Kier molecular flexibility index (Phi) is 6.95. The van der Waals surface area contributed by atoms with Crippen molar-refractivity contribution in [2.75, 3.05) is 18.8 Å². The van der Waals surface area contributed by atoms with Crippen LogP contribution in [0.4, 0.5) is 0 Å². The predicted molar refractivity (Wildman–Crippen MR) is 80.9 cm³/mol. The Balaban J connectivity index is 2.45. The number of piperidine rings is 1. The number of carbonyl (C=O) groups is 1. The lowest BCUT2D eigenvalue weighted by molar-refractivity contribution is -0.126. The molecule has 1 fully saturated rings. The molecule has 20 heavy (non-hydrogen) atoms. The summed E-state index contributed by atoms with van der Waals surface area (Å²) in [5, 5.41) is 2.98. The third-order valence-corrected chi connectivity index (χ3v) is 5.93. The van der Waals surface area contributed by atoms with E-state index in [9.17, 15) is 13.2 Å². The summed E-state index contributed by atoms with van der Waals surface area (Å²) in [6, 6.07) is 0.189. The quantitative estimate of drug-likeness (QED) is 0.779. The maximum absolute atomic E-state index is 12.1. The normalized spacial score (nSPS) is 19.8. The molecule has 1 aliphatic heterocycles. The van der Waals surface area contributed by atoms with Crippen molar-refractivity contribution in [3.8, 4) is 0 Å². The predicted octanol–water partition coefficient (Wildman–Crippen LogP) is 1.74. The van der Waals surface area contributed by atoms with Crippen LogP contribution < -0.4 is 5.32 Å². The molecule has 1 rings (SSSR count). The van der Waals surface area contributed by atoms with E-state index in [-0.39, 0.29) is 23.6 Å². The van der Waals surface area contributed by atoms with Gasteiger partial charge in [0.15, 0.2) is 0 Å². The topological polar surface area (TPSA) is 66.5 Å². The maximum atomic E-state index is 12.1. The maximum Gasteiger partial charge on any atom is 0.223 e. The van der Waals surface area contributed by atoms with Crippen molar-refractivity contribution in [1.29, 1.82) is 0 Å². The average molecular weight is 304 g/mol. The number of rotatable bonds is 7. The van der Waals surface area contributed by atoms with Crippen LogP contribution in [0.15, 0.2) is 0 Å². The molecule has 1 atom stereocenters. The molecule has 1 saturated heterocycles. The minimum atomic E-state index is -3.12. The van der Waals surface area contributed by atoms with Crippen LogP contribution in [0.3, 0.4) is 0 Å². The van der Waals surface area contributed by atoms with E-state index in [4.69, 9.17) is 0 Å². The van der Waals surface area contributed by atoms with Crippen molar-refractivity contribution in [2.24, 2.45) is 5.92 Å². The van der Waals surface area contributed by atoms with Gasteiger partial charge in [0, 0.05) is 25.0 Å². The Bertz CT molecular complexity index is 401. The van der Waals surface area contributed by atoms with E-state index < -0.39 is 10.0 Å². The zero-order valence-corrected chi connectivity index (χ0v) is 13.7. The van der Waals surface area contributed by atoms with E-state index in [2.05, 4.69) is 5.32 Å². The van der Waals surface area contributed by atoms with E-state index in [0.29, 0.717) is 32.4 Å². The highest BCUT2D eigenvalue weighted by atomic mass is 32.2. The van der Waals surface area contributed by atoms with Crippen LogP contribution in [0.1, 0.15) is 52.9 Å². The second kappa shape index (κ2) is 7.98. The number of carbonyl (C=O) groups excluding carboxylic acids is 1. The molecule has 6 heteroatoms. The van der Waals surface area contributed by atoms with Crippen LogP contribution in [0.5, 0.6) is 0 Å². The largest absolute Gasteiger partial charge is 0.353 e. The molecule has 1 amide bonds. The summed E-state index contributed by atoms with van der Waals surface area (Å²) in [5.41, 5.74) is 0. The van der Waals surface area contributed by atoms with E-state index >= 15 is 0 Å². The van der Waals surface area contributed by atoms with Crippen LogP contribution in [0, 0.1) is 5.92 Å².